The van der Waals surface area contributed by atoms with Crippen LogP contribution in [0.2, 0.25) is 0 Å². The summed E-state index contributed by atoms with van der Waals surface area (Å²) in [5.41, 5.74) is 1.05. The van der Waals surface area contributed by atoms with Crippen molar-refractivity contribution in [2.75, 3.05) is 0 Å². The van der Waals surface area contributed by atoms with Crippen LogP contribution in [0.25, 0.3) is 5.52 Å². The normalized spacial score (nSPS) is 19.1. The zero-order valence-electron chi connectivity index (χ0n) is 16.3. The minimum absolute atomic E-state index is 0.231. The third-order valence-corrected chi connectivity index (χ3v) is 6.13. The quantitative estimate of drug-likeness (QED) is 0.547. The first-order valence-electron chi connectivity index (χ1n) is 10.5. The van der Waals surface area contributed by atoms with Gasteiger partial charge in [0.25, 0.3) is 5.56 Å². The topological polar surface area (TPSA) is 73.2 Å². The highest BCUT2D eigenvalue weighted by atomic mass is 16.1. The van der Waals surface area contributed by atoms with E-state index in [1.165, 1.54) is 42.9 Å². The zero-order chi connectivity index (χ0) is 19.3. The van der Waals surface area contributed by atoms with Gasteiger partial charge in [0.05, 0.1) is 11.1 Å². The molecule has 0 unspecified atom stereocenters. The van der Waals surface area contributed by atoms with Crippen molar-refractivity contribution < 1.29 is 0 Å². The second-order valence-electron chi connectivity index (χ2n) is 7.97. The van der Waals surface area contributed by atoms with Gasteiger partial charge in [-0.05, 0) is 43.9 Å². The third kappa shape index (κ3) is 3.80. The third-order valence-electron chi connectivity index (χ3n) is 6.13. The fourth-order valence-corrected chi connectivity index (χ4v) is 4.63. The summed E-state index contributed by atoms with van der Waals surface area (Å²) in [6, 6.07) is 9.96. The van der Waals surface area contributed by atoms with Gasteiger partial charge in [-0.3, -0.25) is 14.2 Å². The van der Waals surface area contributed by atoms with E-state index in [-0.39, 0.29) is 11.2 Å². The molecule has 6 heteroatoms. The Labute approximate surface area is 165 Å². The first-order valence-corrected chi connectivity index (χ1v) is 10.5. The number of fused-ring (bicyclic) bond motifs is 1. The smallest absolute Gasteiger partial charge is 0.281 e. The highest BCUT2D eigenvalue weighted by Gasteiger charge is 2.28. The number of hydrogen-bond acceptors (Lipinski definition) is 4. The lowest BCUT2D eigenvalue weighted by atomic mass is 9.90. The molecule has 2 aliphatic carbocycles. The monoisotopic (exact) mass is 377 g/mol. The van der Waals surface area contributed by atoms with E-state index in [9.17, 15) is 10.1 Å². The molecule has 2 aliphatic rings. The molecule has 0 aliphatic heterocycles. The molecule has 146 valence electrons. The van der Waals surface area contributed by atoms with Crippen LogP contribution in [0.4, 0.5) is 5.69 Å². The van der Waals surface area contributed by atoms with E-state index in [0.717, 1.165) is 25.7 Å². The lowest BCUT2D eigenvalue weighted by Crippen LogP contribution is -2.41. The number of aromatic nitrogens is 1. The van der Waals surface area contributed by atoms with Crippen LogP contribution in [0, 0.1) is 11.3 Å². The Bertz CT molecular complexity index is 928. The maximum atomic E-state index is 12.8. The van der Waals surface area contributed by atoms with E-state index in [0.29, 0.717) is 23.2 Å². The van der Waals surface area contributed by atoms with E-state index in [1.54, 1.807) is 24.4 Å². The Hall–Kier alpha value is -2.68. The molecule has 0 saturated heterocycles. The summed E-state index contributed by atoms with van der Waals surface area (Å²) in [5, 5.41) is 20.7. The molecular formula is C22H27N5O. The Balaban J connectivity index is 1.69. The Morgan fingerprint density at radius 2 is 1.64 bits per heavy atom. The molecule has 0 amide bonds. The van der Waals surface area contributed by atoms with Gasteiger partial charge in [0.15, 0.2) is 5.69 Å². The van der Waals surface area contributed by atoms with Crippen LogP contribution in [-0.2, 0) is 0 Å². The van der Waals surface area contributed by atoms with Crippen molar-refractivity contribution in [2.45, 2.75) is 76.3 Å². The minimum atomic E-state index is -0.231. The first-order chi connectivity index (χ1) is 13.8. The van der Waals surface area contributed by atoms with Crippen molar-refractivity contribution in [3.8, 4) is 6.07 Å². The Morgan fingerprint density at radius 1 is 1.00 bits per heavy atom. The van der Waals surface area contributed by atoms with Gasteiger partial charge in [0, 0.05) is 18.3 Å². The summed E-state index contributed by atoms with van der Waals surface area (Å²) in [6.45, 7) is 0. The summed E-state index contributed by atoms with van der Waals surface area (Å²) in [6.07, 6.45) is 13.8. The number of hydrogen-bond donors (Lipinski definition) is 0. The van der Waals surface area contributed by atoms with Crippen LogP contribution in [0.5, 0.6) is 0 Å². The van der Waals surface area contributed by atoms with Crippen molar-refractivity contribution in [3.63, 3.8) is 0 Å². The number of nitriles is 1. The molecule has 0 bridgehead atoms. The average molecular weight is 377 g/mol. The highest BCUT2D eigenvalue weighted by molar-refractivity contribution is 5.64. The predicted octanol–water partition coefficient (Wildman–Crippen LogP) is 5.14. The predicted molar refractivity (Wildman–Crippen MR) is 108 cm³/mol. The maximum absolute atomic E-state index is 12.8. The summed E-state index contributed by atoms with van der Waals surface area (Å²) in [4.78, 5) is 12.8. The molecule has 2 fully saturated rings. The number of nitrogens with zero attached hydrogens (tertiary/aromatic N) is 5. The summed E-state index contributed by atoms with van der Waals surface area (Å²) in [7, 11) is 0. The standard InChI is InChI=1S/C22H27N5O/c23-16-17-15-20(22(28)26-14-8-7-13-21(17)26)24-25-27(18-9-3-1-4-10-18)19-11-5-2-6-12-19/h7-8,13-15,18-19H,1-6,9-12H2. The Kier molecular flexibility index (Phi) is 5.70. The molecule has 2 aromatic heterocycles. The zero-order valence-corrected chi connectivity index (χ0v) is 16.3. The molecule has 0 radical (unpaired) electrons. The van der Waals surface area contributed by atoms with Gasteiger partial charge < -0.3 is 0 Å². The van der Waals surface area contributed by atoms with E-state index in [1.807, 2.05) is 6.07 Å². The summed E-state index contributed by atoms with van der Waals surface area (Å²) in [5.74, 6) is 0. The molecule has 2 saturated carbocycles. The SMILES string of the molecule is N#Cc1cc(N=NN(C2CCCCC2)C2CCCCC2)c(=O)n2ccccc12. The van der Waals surface area contributed by atoms with E-state index in [2.05, 4.69) is 21.4 Å². The molecule has 0 aromatic carbocycles. The molecule has 0 atom stereocenters. The molecule has 6 nitrogen and oxygen atoms in total. The van der Waals surface area contributed by atoms with Crippen molar-refractivity contribution in [3.05, 3.63) is 46.4 Å². The molecule has 0 spiro atoms. The van der Waals surface area contributed by atoms with Gasteiger partial charge in [0.2, 0.25) is 0 Å². The number of rotatable bonds is 4. The van der Waals surface area contributed by atoms with Gasteiger partial charge >= 0.3 is 0 Å². The van der Waals surface area contributed by atoms with Crippen LogP contribution in [-0.4, -0.2) is 21.5 Å². The van der Waals surface area contributed by atoms with Crippen LogP contribution >= 0.6 is 0 Å². The van der Waals surface area contributed by atoms with Crippen LogP contribution in [0.1, 0.15) is 69.8 Å². The van der Waals surface area contributed by atoms with Gasteiger partial charge in [-0.15, -0.1) is 5.11 Å². The van der Waals surface area contributed by atoms with E-state index in [4.69, 9.17) is 0 Å². The molecular weight excluding hydrogens is 350 g/mol. The van der Waals surface area contributed by atoms with Gasteiger partial charge in [-0.2, -0.15) is 5.26 Å². The van der Waals surface area contributed by atoms with E-state index >= 15 is 0 Å². The molecule has 2 aromatic rings. The van der Waals surface area contributed by atoms with Crippen molar-refractivity contribution in [1.29, 1.82) is 5.26 Å². The van der Waals surface area contributed by atoms with Crippen LogP contribution < -0.4 is 5.56 Å². The lowest BCUT2D eigenvalue weighted by Gasteiger charge is -2.38. The second-order valence-corrected chi connectivity index (χ2v) is 7.97. The maximum Gasteiger partial charge on any atom is 0.283 e. The largest absolute Gasteiger partial charge is 0.283 e. The highest BCUT2D eigenvalue weighted by Crippen LogP contribution is 2.31. The average Bonchev–Trinajstić information content (AvgIpc) is 2.77. The van der Waals surface area contributed by atoms with Crippen LogP contribution in [0.15, 0.2) is 45.6 Å². The van der Waals surface area contributed by atoms with Crippen molar-refractivity contribution >= 4 is 11.2 Å². The lowest BCUT2D eigenvalue weighted by molar-refractivity contribution is 0.0757. The summed E-state index contributed by atoms with van der Waals surface area (Å²) < 4.78 is 1.48. The van der Waals surface area contributed by atoms with Gasteiger partial charge in [-0.1, -0.05) is 49.8 Å². The van der Waals surface area contributed by atoms with E-state index < -0.39 is 0 Å². The number of pyridine rings is 2. The van der Waals surface area contributed by atoms with Gasteiger partial charge in [0.1, 0.15) is 6.07 Å². The molecule has 2 heterocycles. The van der Waals surface area contributed by atoms with Crippen molar-refractivity contribution in [1.82, 2.24) is 9.41 Å². The Morgan fingerprint density at radius 3 is 2.25 bits per heavy atom. The fraction of sp³-hybridized carbons (Fsp3) is 0.545. The first kappa shape index (κ1) is 18.7. The molecule has 4 rings (SSSR count). The molecule has 0 N–H and O–H groups in total. The second kappa shape index (κ2) is 8.55. The minimum Gasteiger partial charge on any atom is -0.281 e. The molecule has 28 heavy (non-hydrogen) atoms. The fourth-order valence-electron chi connectivity index (χ4n) is 4.63. The summed E-state index contributed by atoms with van der Waals surface area (Å²) >= 11 is 0. The van der Waals surface area contributed by atoms with Crippen LogP contribution in [0.3, 0.4) is 0 Å². The van der Waals surface area contributed by atoms with Crippen molar-refractivity contribution in [2.24, 2.45) is 10.3 Å². The van der Waals surface area contributed by atoms with Gasteiger partial charge in [-0.25, -0.2) is 0 Å².